The van der Waals surface area contributed by atoms with Gasteiger partial charge in [0.15, 0.2) is 24.6 Å². The maximum absolute atomic E-state index is 12.5. The first-order chi connectivity index (χ1) is 30.1. The Balaban J connectivity index is 1.21. The summed E-state index contributed by atoms with van der Waals surface area (Å²) in [6.45, 7) is -0.000503. The fourth-order valence-electron chi connectivity index (χ4n) is 7.42. The number of aliphatic hydroxyl groups is 8. The Kier molecular flexibility index (Phi) is 16.5. The topological polar surface area (TPSA) is 431 Å². The van der Waals surface area contributed by atoms with Crippen LogP contribution in [0.2, 0.25) is 0 Å². The van der Waals surface area contributed by atoms with E-state index in [9.17, 15) is 55.2 Å². The summed E-state index contributed by atoms with van der Waals surface area (Å²) in [5.41, 5.74) is 21.9. The number of nitrogens with zero attached hydrogens (tertiary/aromatic N) is 4. The van der Waals surface area contributed by atoms with Crippen LogP contribution in [0.25, 0.3) is 0 Å². The molecule has 1 aromatic heterocycles. The van der Waals surface area contributed by atoms with E-state index in [2.05, 4.69) is 37.2 Å². The van der Waals surface area contributed by atoms with Gasteiger partial charge in [-0.05, 0) is 12.3 Å². The van der Waals surface area contributed by atoms with Crippen LogP contribution in [0.3, 0.4) is 0 Å². The molecule has 16 atom stereocenters. The van der Waals surface area contributed by atoms with Gasteiger partial charge < -0.3 is 97.7 Å². The van der Waals surface area contributed by atoms with Gasteiger partial charge in [-0.1, -0.05) is 23.4 Å². The first kappa shape index (κ1) is 48.2. The van der Waals surface area contributed by atoms with E-state index in [0.717, 1.165) is 4.68 Å². The average Bonchev–Trinajstić information content (AvgIpc) is 4.06. The van der Waals surface area contributed by atoms with Crippen molar-refractivity contribution in [3.05, 3.63) is 47.6 Å². The fourth-order valence-corrected chi connectivity index (χ4v) is 7.42. The lowest BCUT2D eigenvalue weighted by Gasteiger charge is -2.48. The summed E-state index contributed by atoms with van der Waals surface area (Å²) in [4.78, 5) is 37.3. The summed E-state index contributed by atoms with van der Waals surface area (Å²) in [6.07, 6.45) is -18.6. The zero-order valence-electron chi connectivity index (χ0n) is 33.6. The molecule has 4 aliphatic heterocycles. The number of amides is 3. The van der Waals surface area contributed by atoms with Crippen molar-refractivity contribution in [2.24, 2.45) is 23.1 Å². The number of hydrogen-bond acceptors (Lipinski definition) is 24. The average molecular weight is 901 g/mol. The smallest absolute Gasteiger partial charge is 0.274 e. The van der Waals surface area contributed by atoms with E-state index < -0.39 is 116 Å². The molecule has 3 amide bonds. The van der Waals surface area contributed by atoms with E-state index in [1.807, 2.05) is 0 Å². The third kappa shape index (κ3) is 11.3. The zero-order valence-corrected chi connectivity index (χ0v) is 33.6. The Bertz CT molecular complexity index is 1830. The lowest BCUT2D eigenvalue weighted by atomic mass is 9.91. The number of allylic oxidation sites excluding steroid dienone is 2. The van der Waals surface area contributed by atoms with Gasteiger partial charge in [0, 0.05) is 38.0 Å². The van der Waals surface area contributed by atoms with E-state index in [1.54, 1.807) is 18.2 Å². The number of hydrogen-bond donors (Lipinski definition) is 16. The lowest BCUT2D eigenvalue weighted by Crippen LogP contribution is -2.66. The molecule has 0 bridgehead atoms. The number of rotatable bonds is 18. The van der Waals surface area contributed by atoms with Gasteiger partial charge in [0.1, 0.15) is 72.8 Å². The number of carbonyl (C=O) groups excluding carboxylic acids is 3. The zero-order chi connectivity index (χ0) is 45.5. The molecule has 63 heavy (non-hydrogen) atoms. The van der Waals surface area contributed by atoms with Gasteiger partial charge in [-0.2, -0.15) is 0 Å². The molecule has 3 saturated heterocycles. The second kappa shape index (κ2) is 21.6. The fraction of sp³-hybridized carbons (Fsp3) is 0.686. The summed E-state index contributed by atoms with van der Waals surface area (Å²) < 4.78 is 30.9. The molecule has 0 aromatic carbocycles. The van der Waals surface area contributed by atoms with Crippen LogP contribution in [0.5, 0.6) is 0 Å². The summed E-state index contributed by atoms with van der Waals surface area (Å²) >= 11 is 0. The monoisotopic (exact) mass is 900 g/mol. The number of aliphatic hydroxyl groups excluding tert-OH is 8. The van der Waals surface area contributed by atoms with Gasteiger partial charge in [-0.3, -0.25) is 24.8 Å². The highest BCUT2D eigenvalue weighted by atomic mass is 16.7. The van der Waals surface area contributed by atoms with Gasteiger partial charge in [-0.25, -0.2) is 4.68 Å². The van der Waals surface area contributed by atoms with Crippen molar-refractivity contribution < 1.29 is 78.9 Å². The molecule has 5 aliphatic rings. The van der Waals surface area contributed by atoms with Crippen LogP contribution >= 0.6 is 0 Å². The number of carbonyl (C=O) groups is 3. The van der Waals surface area contributed by atoms with Crippen LogP contribution in [0.15, 0.2) is 41.9 Å². The first-order valence-electron chi connectivity index (χ1n) is 20.1. The molecule has 0 radical (unpaired) electrons. The number of hydrazine groups is 2. The van der Waals surface area contributed by atoms with Gasteiger partial charge in [0.25, 0.3) is 17.7 Å². The third-order valence-corrected chi connectivity index (χ3v) is 10.7. The first-order valence-corrected chi connectivity index (χ1v) is 20.1. The van der Waals surface area contributed by atoms with Gasteiger partial charge in [-0.15, -0.1) is 10.6 Å². The van der Waals surface area contributed by atoms with Gasteiger partial charge in [0.2, 0.25) is 0 Å². The molecule has 1 aliphatic carbocycles. The summed E-state index contributed by atoms with van der Waals surface area (Å²) in [6, 6.07) is 0. The molecule has 28 nitrogen and oxygen atoms in total. The molecule has 1 aromatic rings. The minimum atomic E-state index is -2.02. The van der Waals surface area contributed by atoms with Crippen molar-refractivity contribution in [3.63, 3.8) is 0 Å². The number of ether oxygens (including phenoxy) is 5. The van der Waals surface area contributed by atoms with Gasteiger partial charge in [0.05, 0.1) is 32.1 Å². The molecule has 6 rings (SSSR count). The standard InChI is InChI=1S/C35H56N12O16/c36-3-5-39-30(55)15-2-1-14(7-15)8-18-28(23(50)25(52)33(58)59-18)62-35-27(54)24(51)29(20(61-35)12-47-10-17(43-45-47)32(57)41-13-38)63-34-26(53)22(49)21(48)19(60-34)11-46-9-16(42-44-46)31(56)40-6-4-37/h1-2,7,9-10,14,18-29,33-35,42,44,48-54,58H,3-6,8,11-13,36-38H2,(H,39,55)(H,40,56)(H,41,57)/t14?,18?,19?,20?,21-,22?,23?,24?,25?,26?,27?,28-,29-,33+,34-,35-/m1/s1. The highest BCUT2D eigenvalue weighted by Gasteiger charge is 2.54. The molecule has 10 unspecified atom stereocenters. The van der Waals surface area contributed by atoms with Crippen LogP contribution in [-0.4, -0.2) is 210 Å². The highest BCUT2D eigenvalue weighted by molar-refractivity contribution is 5.97. The largest absolute Gasteiger partial charge is 0.388 e. The van der Waals surface area contributed by atoms with Crippen LogP contribution in [0.4, 0.5) is 0 Å². The molecule has 3 fully saturated rings. The van der Waals surface area contributed by atoms with Crippen LogP contribution in [0.1, 0.15) is 16.9 Å². The van der Waals surface area contributed by atoms with Crippen LogP contribution < -0.4 is 44.1 Å². The predicted molar refractivity (Wildman–Crippen MR) is 207 cm³/mol. The van der Waals surface area contributed by atoms with Crippen molar-refractivity contribution in [1.82, 2.24) is 46.9 Å². The van der Waals surface area contributed by atoms with Crippen molar-refractivity contribution in [2.75, 3.05) is 39.4 Å². The maximum atomic E-state index is 12.5. The third-order valence-electron chi connectivity index (χ3n) is 10.7. The van der Waals surface area contributed by atoms with E-state index in [1.165, 1.54) is 17.4 Å². The van der Waals surface area contributed by atoms with Crippen molar-refractivity contribution >= 4 is 17.7 Å². The molecule has 5 heterocycles. The highest BCUT2D eigenvalue weighted by Crippen LogP contribution is 2.35. The minimum absolute atomic E-state index is 0.0172. The normalized spacial score (nSPS) is 36.7. The minimum Gasteiger partial charge on any atom is -0.388 e. The Morgan fingerprint density at radius 1 is 0.730 bits per heavy atom. The second-order valence-electron chi connectivity index (χ2n) is 15.2. The number of nitrogens with one attached hydrogen (secondary N) is 5. The van der Waals surface area contributed by atoms with Crippen molar-refractivity contribution in [1.29, 1.82) is 0 Å². The van der Waals surface area contributed by atoms with E-state index in [4.69, 9.17) is 40.9 Å². The molecular weight excluding hydrogens is 844 g/mol. The molecule has 352 valence electrons. The Morgan fingerprint density at radius 2 is 1.37 bits per heavy atom. The molecular formula is C35H56N12O16. The summed E-state index contributed by atoms with van der Waals surface area (Å²) in [7, 11) is 0. The predicted octanol–water partition coefficient (Wildman–Crippen LogP) is -9.79. The molecule has 28 heteroatoms. The summed E-state index contributed by atoms with van der Waals surface area (Å²) in [5, 5.41) is 105. The SMILES string of the molecule is NCCNC(=O)C1=CC(CC2O[C@H](O)C(O)C(O)[C@@H]2O[C@H]2OC(Cn3cc(C(=O)NCN)nn3)[C@@H](O[C@H]3OC(CN4C=C(C(=O)NCCN)NN4)[C@@H](O)C(O)C3O)C(O)C2O)C=C1. The second-order valence-corrected chi connectivity index (χ2v) is 15.2. The quantitative estimate of drug-likeness (QED) is 0.0608. The Hall–Kier alpha value is -4.31. The number of aromatic nitrogens is 3. The maximum Gasteiger partial charge on any atom is 0.274 e. The van der Waals surface area contributed by atoms with Gasteiger partial charge >= 0.3 is 0 Å². The Labute approximate surface area is 358 Å². The summed E-state index contributed by atoms with van der Waals surface area (Å²) in [5.74, 6) is -2.04. The van der Waals surface area contributed by atoms with Crippen molar-refractivity contribution in [3.8, 4) is 0 Å². The van der Waals surface area contributed by atoms with Crippen LogP contribution in [-0.2, 0) is 39.8 Å². The van der Waals surface area contributed by atoms with E-state index in [0.29, 0.717) is 5.57 Å². The molecule has 19 N–H and O–H groups in total. The molecule has 0 saturated carbocycles. The Morgan fingerprint density at radius 3 is 2.05 bits per heavy atom. The van der Waals surface area contributed by atoms with Crippen LogP contribution in [0, 0.1) is 5.92 Å². The van der Waals surface area contributed by atoms with E-state index >= 15 is 0 Å². The lowest BCUT2D eigenvalue weighted by molar-refractivity contribution is -0.376. The number of nitrogens with two attached hydrogens (primary N) is 3. The molecule has 0 spiro atoms. The van der Waals surface area contributed by atoms with Crippen molar-refractivity contribution in [2.45, 2.75) is 105 Å². The van der Waals surface area contributed by atoms with E-state index in [-0.39, 0.29) is 63.1 Å².